The van der Waals surface area contributed by atoms with E-state index in [2.05, 4.69) is 15.4 Å². The van der Waals surface area contributed by atoms with Crippen molar-refractivity contribution in [2.24, 2.45) is 0 Å². The summed E-state index contributed by atoms with van der Waals surface area (Å²) >= 11 is 1.32. The zero-order chi connectivity index (χ0) is 17.2. The van der Waals surface area contributed by atoms with Crippen LogP contribution in [0.1, 0.15) is 11.6 Å². The van der Waals surface area contributed by atoms with Crippen molar-refractivity contribution in [1.82, 2.24) is 14.8 Å². The van der Waals surface area contributed by atoms with E-state index in [-0.39, 0.29) is 5.91 Å². The van der Waals surface area contributed by atoms with Gasteiger partial charge in [0.05, 0.1) is 5.52 Å². The van der Waals surface area contributed by atoms with Crippen LogP contribution in [0.15, 0.2) is 66.3 Å². The van der Waals surface area contributed by atoms with Gasteiger partial charge >= 0.3 is 0 Å². The van der Waals surface area contributed by atoms with Crippen LogP contribution < -0.4 is 5.32 Å². The Balaban J connectivity index is 1.78. The molecule has 4 rings (SSSR count). The number of halogens is 1. The molecule has 5 nitrogen and oxygen atoms in total. The minimum Gasteiger partial charge on any atom is -0.300 e. The number of amides is 1. The molecule has 0 bridgehead atoms. The van der Waals surface area contributed by atoms with Crippen molar-refractivity contribution in [3.63, 3.8) is 0 Å². The first kappa shape index (κ1) is 15.5. The van der Waals surface area contributed by atoms with E-state index in [1.54, 1.807) is 34.6 Å². The fraction of sp³-hybridized carbons (Fsp3) is 0.0556. The number of rotatable bonds is 4. The first-order chi connectivity index (χ1) is 12.2. The van der Waals surface area contributed by atoms with Gasteiger partial charge in [-0.2, -0.15) is 5.10 Å². The number of benzene rings is 2. The molecule has 0 aliphatic rings. The van der Waals surface area contributed by atoms with Crippen molar-refractivity contribution in [3.05, 3.63) is 77.7 Å². The number of carbonyl (C=O) groups excluding carboxylic acids is 1. The molecule has 1 amide bonds. The zero-order valence-corrected chi connectivity index (χ0v) is 13.8. The number of fused-ring (bicyclic) bond motifs is 1. The second-order valence-corrected chi connectivity index (χ2v) is 6.35. The fourth-order valence-electron chi connectivity index (χ4n) is 2.68. The molecule has 124 valence electrons. The van der Waals surface area contributed by atoms with Crippen molar-refractivity contribution < 1.29 is 9.18 Å². The third-order valence-corrected chi connectivity index (χ3v) is 4.46. The molecule has 0 fully saturated rings. The zero-order valence-electron chi connectivity index (χ0n) is 13.0. The van der Waals surface area contributed by atoms with E-state index >= 15 is 0 Å². The number of nitrogens with zero attached hydrogens (tertiary/aromatic N) is 3. The lowest BCUT2D eigenvalue weighted by atomic mass is 10.1. The number of nitrogens with one attached hydrogen (secondary N) is 1. The summed E-state index contributed by atoms with van der Waals surface area (Å²) in [4.78, 5) is 16.9. The topological polar surface area (TPSA) is 59.8 Å². The molecular formula is C18H13FN4OS. The third-order valence-electron chi connectivity index (χ3n) is 3.77. The summed E-state index contributed by atoms with van der Waals surface area (Å²) in [6.45, 7) is 0. The van der Waals surface area contributed by atoms with Crippen molar-refractivity contribution in [2.75, 3.05) is 5.32 Å². The van der Waals surface area contributed by atoms with E-state index < -0.39 is 11.9 Å². The molecule has 2 heterocycles. The second-order valence-electron chi connectivity index (χ2n) is 5.45. The van der Waals surface area contributed by atoms with Gasteiger partial charge in [-0.3, -0.25) is 14.8 Å². The number of anilines is 1. The van der Waals surface area contributed by atoms with Crippen LogP contribution in [-0.2, 0) is 4.79 Å². The highest BCUT2D eigenvalue weighted by Crippen LogP contribution is 2.24. The number of carbonyl (C=O) groups is 1. The molecule has 1 atom stereocenters. The lowest BCUT2D eigenvalue weighted by Crippen LogP contribution is -2.27. The summed E-state index contributed by atoms with van der Waals surface area (Å²) < 4.78 is 15.3. The Bertz CT molecular complexity index is 995. The highest BCUT2D eigenvalue weighted by molar-refractivity contribution is 7.13. The molecular weight excluding hydrogens is 339 g/mol. The quantitative estimate of drug-likeness (QED) is 0.607. The Labute approximate surface area is 146 Å². The van der Waals surface area contributed by atoms with Crippen molar-refractivity contribution in [3.8, 4) is 0 Å². The lowest BCUT2D eigenvalue weighted by Gasteiger charge is -2.17. The lowest BCUT2D eigenvalue weighted by molar-refractivity contribution is -0.118. The molecule has 2 aromatic heterocycles. The van der Waals surface area contributed by atoms with Gasteiger partial charge in [-0.15, -0.1) is 11.3 Å². The molecule has 0 saturated carbocycles. The number of hydrogen-bond donors (Lipinski definition) is 1. The highest BCUT2D eigenvalue weighted by Gasteiger charge is 2.25. The van der Waals surface area contributed by atoms with Gasteiger partial charge in [0.15, 0.2) is 11.2 Å². The molecule has 0 spiro atoms. The first-order valence-electron chi connectivity index (χ1n) is 7.60. The maximum absolute atomic E-state index is 13.7. The summed E-state index contributed by atoms with van der Waals surface area (Å²) in [6, 6.07) is 12.8. The van der Waals surface area contributed by atoms with Gasteiger partial charge < -0.3 is 0 Å². The molecule has 0 radical (unpaired) electrons. The second kappa shape index (κ2) is 6.45. The number of thiazole rings is 1. The van der Waals surface area contributed by atoms with Crippen LogP contribution in [0.5, 0.6) is 0 Å². The molecule has 7 heteroatoms. The summed E-state index contributed by atoms with van der Waals surface area (Å²) in [6.07, 6.45) is 3.39. The van der Waals surface area contributed by atoms with Crippen LogP contribution in [0.3, 0.4) is 0 Å². The van der Waals surface area contributed by atoms with E-state index in [4.69, 9.17) is 0 Å². The maximum atomic E-state index is 13.7. The average molecular weight is 352 g/mol. The van der Waals surface area contributed by atoms with E-state index in [0.717, 1.165) is 10.9 Å². The average Bonchev–Trinajstić information content (AvgIpc) is 3.24. The first-order valence-corrected chi connectivity index (χ1v) is 8.48. The van der Waals surface area contributed by atoms with Gasteiger partial charge in [0, 0.05) is 23.2 Å². The van der Waals surface area contributed by atoms with Crippen LogP contribution >= 0.6 is 11.3 Å². The summed E-state index contributed by atoms with van der Waals surface area (Å²) in [5.41, 5.74) is 1.29. The summed E-state index contributed by atoms with van der Waals surface area (Å²) in [5, 5.41) is 10.4. The minimum absolute atomic E-state index is 0.326. The summed E-state index contributed by atoms with van der Waals surface area (Å²) in [7, 11) is 0. The monoisotopic (exact) mass is 352 g/mol. The Morgan fingerprint density at radius 3 is 2.84 bits per heavy atom. The largest absolute Gasteiger partial charge is 0.300 e. The van der Waals surface area contributed by atoms with Crippen molar-refractivity contribution >= 4 is 33.3 Å². The molecule has 25 heavy (non-hydrogen) atoms. The van der Waals surface area contributed by atoms with Gasteiger partial charge in [-0.1, -0.05) is 30.3 Å². The molecule has 4 aromatic rings. The molecule has 0 saturated heterocycles. The third kappa shape index (κ3) is 3.14. The Hall–Kier alpha value is -3.06. The Morgan fingerprint density at radius 1 is 1.20 bits per heavy atom. The van der Waals surface area contributed by atoms with Crippen molar-refractivity contribution in [1.29, 1.82) is 0 Å². The highest BCUT2D eigenvalue weighted by atomic mass is 32.1. The predicted octanol–water partition coefficient (Wildman–Crippen LogP) is 3.86. The van der Waals surface area contributed by atoms with Gasteiger partial charge in [0.25, 0.3) is 5.91 Å². The standard InChI is InChI=1S/C18H13FN4OS/c19-14-6-3-5-12(10-14)16(17(24)21-18-20-8-9-25-18)23-11-13-4-1-2-7-15(13)22-23/h1-11,16H,(H,20,21,24). The SMILES string of the molecule is O=C(Nc1nccs1)C(c1cccc(F)c1)n1cc2ccccc2n1. The maximum Gasteiger partial charge on any atom is 0.255 e. The van der Waals surface area contributed by atoms with Crippen LogP contribution in [0.4, 0.5) is 9.52 Å². The van der Waals surface area contributed by atoms with Gasteiger partial charge in [-0.25, -0.2) is 9.37 Å². The van der Waals surface area contributed by atoms with Crippen molar-refractivity contribution in [2.45, 2.75) is 6.04 Å². The fourth-order valence-corrected chi connectivity index (χ4v) is 3.21. The molecule has 1 unspecified atom stereocenters. The van der Waals surface area contributed by atoms with Crippen LogP contribution in [0.2, 0.25) is 0 Å². The molecule has 1 N–H and O–H groups in total. The van der Waals surface area contributed by atoms with E-state index in [1.807, 2.05) is 24.3 Å². The van der Waals surface area contributed by atoms with E-state index in [0.29, 0.717) is 10.7 Å². The number of hydrogen-bond acceptors (Lipinski definition) is 4. The number of aromatic nitrogens is 3. The molecule has 2 aromatic carbocycles. The van der Waals surface area contributed by atoms with Crippen LogP contribution in [0.25, 0.3) is 10.9 Å². The van der Waals surface area contributed by atoms with Gasteiger partial charge in [0.2, 0.25) is 0 Å². The predicted molar refractivity (Wildman–Crippen MR) is 95.0 cm³/mol. The normalized spacial score (nSPS) is 12.2. The Kier molecular flexibility index (Phi) is 3.99. The van der Waals surface area contributed by atoms with Crippen LogP contribution in [0, 0.1) is 5.82 Å². The summed E-state index contributed by atoms with van der Waals surface area (Å²) in [5.74, 6) is -0.727. The van der Waals surface area contributed by atoms with E-state index in [9.17, 15) is 9.18 Å². The van der Waals surface area contributed by atoms with E-state index in [1.165, 1.54) is 23.5 Å². The van der Waals surface area contributed by atoms with Gasteiger partial charge in [-0.05, 0) is 23.8 Å². The van der Waals surface area contributed by atoms with Crippen LogP contribution in [-0.4, -0.2) is 20.7 Å². The van der Waals surface area contributed by atoms with Gasteiger partial charge in [0.1, 0.15) is 5.82 Å². The molecule has 0 aliphatic carbocycles. The minimum atomic E-state index is -0.799. The smallest absolute Gasteiger partial charge is 0.255 e. The Morgan fingerprint density at radius 2 is 2.08 bits per heavy atom. The molecule has 0 aliphatic heterocycles.